The van der Waals surface area contributed by atoms with E-state index in [1.807, 2.05) is 24.3 Å². The van der Waals surface area contributed by atoms with E-state index in [0.29, 0.717) is 16.8 Å². The van der Waals surface area contributed by atoms with Gasteiger partial charge in [-0.1, -0.05) is 44.7 Å². The Morgan fingerprint density at radius 1 is 1.14 bits per heavy atom. The van der Waals surface area contributed by atoms with E-state index >= 15 is 0 Å². The summed E-state index contributed by atoms with van der Waals surface area (Å²) in [6.45, 7) is 6.90. The number of hydrogen-bond donors (Lipinski definition) is 0. The molecular formula is C28H29FN2O2S2. The third-order valence-corrected chi connectivity index (χ3v) is 9.05. The highest BCUT2D eigenvalue weighted by Crippen LogP contribution is 2.42. The number of thiophene rings is 1. The van der Waals surface area contributed by atoms with Crippen molar-refractivity contribution in [2.24, 2.45) is 11.3 Å². The maximum atomic E-state index is 14.0. The van der Waals surface area contributed by atoms with Crippen LogP contribution in [0.3, 0.4) is 0 Å². The molecule has 0 saturated carbocycles. The van der Waals surface area contributed by atoms with E-state index in [1.165, 1.54) is 34.3 Å². The molecule has 0 saturated heterocycles. The molecule has 1 atom stereocenters. The Balaban J connectivity index is 1.62. The molecule has 5 rings (SSSR count). The average Bonchev–Trinajstić information content (AvgIpc) is 3.21. The number of aryl methyl sites for hydroxylation is 1. The molecule has 0 N–H and O–H groups in total. The second kappa shape index (κ2) is 9.43. The maximum absolute atomic E-state index is 14.0. The van der Waals surface area contributed by atoms with Crippen LogP contribution in [-0.2, 0) is 18.6 Å². The summed E-state index contributed by atoms with van der Waals surface area (Å²) in [4.78, 5) is 21.1. The largest absolute Gasteiger partial charge is 0.497 e. The van der Waals surface area contributed by atoms with Crippen molar-refractivity contribution < 1.29 is 9.13 Å². The second-order valence-electron chi connectivity index (χ2n) is 10.1. The molecule has 1 unspecified atom stereocenters. The number of thioether (sulfide) groups is 1. The van der Waals surface area contributed by atoms with E-state index in [1.54, 1.807) is 35.1 Å². The lowest BCUT2D eigenvalue weighted by Crippen LogP contribution is -2.27. The van der Waals surface area contributed by atoms with Gasteiger partial charge in [0.05, 0.1) is 18.2 Å². The lowest BCUT2D eigenvalue weighted by Gasteiger charge is -2.33. The van der Waals surface area contributed by atoms with E-state index in [2.05, 4.69) is 20.8 Å². The Morgan fingerprint density at radius 3 is 2.51 bits per heavy atom. The number of nitrogens with zero attached hydrogens (tertiary/aromatic N) is 2. The van der Waals surface area contributed by atoms with Gasteiger partial charge in [0.2, 0.25) is 0 Å². The fourth-order valence-corrected chi connectivity index (χ4v) is 7.04. The van der Waals surface area contributed by atoms with Gasteiger partial charge in [-0.15, -0.1) is 11.3 Å². The summed E-state index contributed by atoms with van der Waals surface area (Å²) in [5.74, 6) is 1.66. The predicted octanol–water partition coefficient (Wildman–Crippen LogP) is 7.04. The zero-order valence-corrected chi connectivity index (χ0v) is 22.1. The molecule has 4 aromatic rings. The minimum atomic E-state index is -0.258. The molecule has 1 aliphatic carbocycles. The molecule has 0 radical (unpaired) electrons. The number of aromatic nitrogens is 2. The first-order valence-corrected chi connectivity index (χ1v) is 13.6. The summed E-state index contributed by atoms with van der Waals surface area (Å²) < 4.78 is 20.4. The van der Waals surface area contributed by atoms with Crippen LogP contribution >= 0.6 is 23.1 Å². The first kappa shape index (κ1) is 24.1. The highest BCUT2D eigenvalue weighted by atomic mass is 32.2. The predicted molar refractivity (Wildman–Crippen MR) is 143 cm³/mol. The topological polar surface area (TPSA) is 44.1 Å². The third kappa shape index (κ3) is 4.76. The van der Waals surface area contributed by atoms with Crippen LogP contribution in [0.5, 0.6) is 5.75 Å². The monoisotopic (exact) mass is 508 g/mol. The molecule has 0 spiro atoms. The van der Waals surface area contributed by atoms with Crippen molar-refractivity contribution in [2.45, 2.75) is 50.9 Å². The molecule has 0 bridgehead atoms. The highest BCUT2D eigenvalue weighted by molar-refractivity contribution is 7.98. The van der Waals surface area contributed by atoms with Gasteiger partial charge in [-0.3, -0.25) is 9.36 Å². The summed E-state index contributed by atoms with van der Waals surface area (Å²) >= 11 is 3.17. The lowest BCUT2D eigenvalue weighted by atomic mass is 9.72. The van der Waals surface area contributed by atoms with E-state index < -0.39 is 0 Å². The van der Waals surface area contributed by atoms with Gasteiger partial charge in [0.1, 0.15) is 16.4 Å². The molecule has 182 valence electrons. The number of halogens is 1. The Morgan fingerprint density at radius 2 is 1.86 bits per heavy atom. The van der Waals surface area contributed by atoms with E-state index in [4.69, 9.17) is 9.72 Å². The number of methoxy groups -OCH3 is 1. The molecule has 2 aromatic heterocycles. The van der Waals surface area contributed by atoms with Crippen molar-refractivity contribution in [3.05, 3.63) is 80.7 Å². The molecule has 0 amide bonds. The summed E-state index contributed by atoms with van der Waals surface area (Å²) in [6.07, 6.45) is 3.00. The molecule has 2 heterocycles. The van der Waals surface area contributed by atoms with E-state index in [-0.39, 0.29) is 16.8 Å². The van der Waals surface area contributed by atoms with Crippen LogP contribution in [0.4, 0.5) is 4.39 Å². The zero-order valence-electron chi connectivity index (χ0n) is 20.4. The molecule has 7 heteroatoms. The number of rotatable bonds is 5. The molecule has 1 aliphatic rings. The number of fused-ring (bicyclic) bond motifs is 3. The zero-order chi connectivity index (χ0) is 24.7. The average molecular weight is 509 g/mol. The Bertz CT molecular complexity index is 1420. The third-order valence-electron chi connectivity index (χ3n) is 6.89. The fourth-order valence-electron chi connectivity index (χ4n) is 4.73. The van der Waals surface area contributed by atoms with Gasteiger partial charge in [-0.05, 0) is 78.1 Å². The van der Waals surface area contributed by atoms with Gasteiger partial charge in [0.25, 0.3) is 5.56 Å². The van der Waals surface area contributed by atoms with Crippen LogP contribution in [0.25, 0.3) is 15.9 Å². The summed E-state index contributed by atoms with van der Waals surface area (Å²) in [7, 11) is 1.63. The molecule has 0 fully saturated rings. The molecule has 2 aromatic carbocycles. The van der Waals surface area contributed by atoms with Crippen molar-refractivity contribution in [1.82, 2.24) is 9.55 Å². The second-order valence-corrected chi connectivity index (χ2v) is 12.2. The van der Waals surface area contributed by atoms with E-state index in [0.717, 1.165) is 46.5 Å². The summed E-state index contributed by atoms with van der Waals surface area (Å²) in [5.41, 5.74) is 3.13. The normalized spacial score (nSPS) is 15.9. The highest BCUT2D eigenvalue weighted by Gasteiger charge is 2.32. The van der Waals surface area contributed by atoms with Crippen molar-refractivity contribution in [1.29, 1.82) is 0 Å². The molecule has 4 nitrogen and oxygen atoms in total. The Hall–Kier alpha value is -2.64. The number of ether oxygens (including phenoxy) is 1. The van der Waals surface area contributed by atoms with Gasteiger partial charge < -0.3 is 4.74 Å². The Labute approximate surface area is 213 Å². The van der Waals surface area contributed by atoms with Gasteiger partial charge in [0, 0.05) is 10.6 Å². The van der Waals surface area contributed by atoms with Crippen molar-refractivity contribution >= 4 is 33.3 Å². The van der Waals surface area contributed by atoms with Gasteiger partial charge in [-0.25, -0.2) is 9.37 Å². The smallest absolute Gasteiger partial charge is 0.267 e. The van der Waals surface area contributed by atoms with Crippen molar-refractivity contribution in [2.75, 3.05) is 7.11 Å². The quantitative estimate of drug-likeness (QED) is 0.214. The standard InChI is InChI=1S/C28H29FN2O2S2/c1-28(2,3)18-7-14-22-23(15-18)35-25-24(22)26(32)31(20-10-12-21(33-4)13-11-20)27(30-25)34-16-17-5-8-19(29)9-6-17/h5-6,8-13,18H,7,14-16H2,1-4H3. The first-order chi connectivity index (χ1) is 16.7. The van der Waals surface area contributed by atoms with Gasteiger partial charge in [-0.2, -0.15) is 0 Å². The number of hydrogen-bond acceptors (Lipinski definition) is 5. The van der Waals surface area contributed by atoms with Crippen LogP contribution in [0, 0.1) is 17.2 Å². The van der Waals surface area contributed by atoms with Crippen molar-refractivity contribution in [3.63, 3.8) is 0 Å². The minimum absolute atomic E-state index is 0.0199. The van der Waals surface area contributed by atoms with Crippen LogP contribution < -0.4 is 10.3 Å². The van der Waals surface area contributed by atoms with Gasteiger partial charge in [0.15, 0.2) is 5.16 Å². The maximum Gasteiger partial charge on any atom is 0.267 e. The molecule has 35 heavy (non-hydrogen) atoms. The SMILES string of the molecule is COc1ccc(-n2c(SCc3ccc(F)cc3)nc3sc4c(c3c2=O)CCC(C(C)(C)C)C4)cc1. The first-order valence-electron chi connectivity index (χ1n) is 11.8. The Kier molecular flexibility index (Phi) is 6.49. The van der Waals surface area contributed by atoms with Crippen molar-refractivity contribution in [3.8, 4) is 11.4 Å². The molecule has 0 aliphatic heterocycles. The number of benzene rings is 2. The van der Waals surface area contributed by atoms with Crippen LogP contribution in [0.2, 0.25) is 0 Å². The molecular weight excluding hydrogens is 479 g/mol. The van der Waals surface area contributed by atoms with Crippen LogP contribution in [-0.4, -0.2) is 16.7 Å². The van der Waals surface area contributed by atoms with Gasteiger partial charge >= 0.3 is 0 Å². The fraction of sp³-hybridized carbons (Fsp3) is 0.357. The minimum Gasteiger partial charge on any atom is -0.497 e. The lowest BCUT2D eigenvalue weighted by molar-refractivity contribution is 0.218. The van der Waals surface area contributed by atoms with Crippen LogP contribution in [0.1, 0.15) is 43.2 Å². The van der Waals surface area contributed by atoms with E-state index in [9.17, 15) is 9.18 Å². The van der Waals surface area contributed by atoms with Crippen LogP contribution in [0.15, 0.2) is 58.5 Å². The summed E-state index contributed by atoms with van der Waals surface area (Å²) in [6, 6.07) is 14.0. The summed E-state index contributed by atoms with van der Waals surface area (Å²) in [5, 5.41) is 1.40.